The maximum atomic E-state index is 13.9. The molecule has 0 aliphatic rings. The molecule has 0 fully saturated rings. The number of fused-ring (bicyclic) bond motifs is 1. The number of benzene rings is 2. The van der Waals surface area contributed by atoms with Gasteiger partial charge in [0.1, 0.15) is 10.7 Å². The number of carbonyl (C=O) groups is 1. The second kappa shape index (κ2) is 7.04. The number of amides is 1. The number of carbonyl (C=O) groups excluding carboxylic acids is 1. The molecule has 6 nitrogen and oxygen atoms in total. The average molecular weight is 434 g/mol. The Balaban J connectivity index is 1.71. The van der Waals surface area contributed by atoms with Crippen LogP contribution in [0.3, 0.4) is 0 Å². The summed E-state index contributed by atoms with van der Waals surface area (Å²) >= 11 is 2.25. The number of sulfone groups is 1. The molecule has 0 aliphatic carbocycles. The number of halogens is 1. The van der Waals surface area contributed by atoms with Crippen LogP contribution in [0.15, 0.2) is 57.1 Å². The first-order chi connectivity index (χ1) is 13.3. The highest BCUT2D eigenvalue weighted by atomic mass is 32.2. The lowest BCUT2D eigenvalue weighted by Crippen LogP contribution is -2.04. The summed E-state index contributed by atoms with van der Waals surface area (Å²) in [5.41, 5.74) is 1.89. The lowest BCUT2D eigenvalue weighted by Gasteiger charge is -2.02. The van der Waals surface area contributed by atoms with Crippen molar-refractivity contribution in [1.29, 1.82) is 0 Å². The second-order valence-corrected chi connectivity index (χ2v) is 9.80. The largest absolute Gasteiger partial charge is 0.302 e. The molecule has 142 valence electrons. The molecular weight excluding hydrogens is 421 g/mol. The Morgan fingerprint density at radius 2 is 1.93 bits per heavy atom. The predicted molar refractivity (Wildman–Crippen MR) is 107 cm³/mol. The van der Waals surface area contributed by atoms with Crippen LogP contribution in [0.4, 0.5) is 9.52 Å². The van der Waals surface area contributed by atoms with Crippen molar-refractivity contribution >= 4 is 53.8 Å². The Morgan fingerprint density at radius 3 is 2.68 bits per heavy atom. The Kier molecular flexibility index (Phi) is 4.69. The van der Waals surface area contributed by atoms with E-state index < -0.39 is 20.5 Å². The molecule has 2 aromatic carbocycles. The van der Waals surface area contributed by atoms with Crippen molar-refractivity contribution in [1.82, 2.24) is 9.97 Å². The van der Waals surface area contributed by atoms with Gasteiger partial charge in [-0.15, -0.1) is 11.3 Å². The van der Waals surface area contributed by atoms with Gasteiger partial charge in [0.2, 0.25) is 20.1 Å². The first-order valence-corrected chi connectivity index (χ1v) is 11.2. The molecule has 2 aromatic heterocycles. The van der Waals surface area contributed by atoms with Crippen LogP contribution < -0.4 is 5.32 Å². The summed E-state index contributed by atoms with van der Waals surface area (Å²) in [6.45, 7) is 1.41. The fourth-order valence-corrected chi connectivity index (χ4v) is 5.97. The number of nitrogens with one attached hydrogen (secondary N) is 1. The predicted octanol–water partition coefficient (Wildman–Crippen LogP) is 4.35. The van der Waals surface area contributed by atoms with E-state index in [9.17, 15) is 17.6 Å². The molecule has 1 amide bonds. The first kappa shape index (κ1) is 18.7. The van der Waals surface area contributed by atoms with Crippen LogP contribution in [0.1, 0.15) is 6.92 Å². The Hall–Kier alpha value is -2.69. The summed E-state index contributed by atoms with van der Waals surface area (Å²) in [6, 6.07) is 10.6. The normalized spacial score (nSPS) is 11.6. The van der Waals surface area contributed by atoms with Crippen molar-refractivity contribution in [3.05, 3.63) is 53.7 Å². The number of nitrogens with zero attached hydrogens (tertiary/aromatic N) is 2. The number of thiazole rings is 2. The Bertz CT molecular complexity index is 1310. The van der Waals surface area contributed by atoms with E-state index >= 15 is 0 Å². The summed E-state index contributed by atoms with van der Waals surface area (Å²) in [4.78, 5) is 19.3. The fraction of sp³-hybridized carbons (Fsp3) is 0.0556. The lowest BCUT2D eigenvalue weighted by molar-refractivity contribution is -0.114. The van der Waals surface area contributed by atoms with Gasteiger partial charge in [0.25, 0.3) is 0 Å². The third-order valence-corrected chi connectivity index (χ3v) is 7.78. The molecule has 10 heteroatoms. The second-order valence-electron chi connectivity index (χ2n) is 5.82. The number of aromatic nitrogens is 2. The molecule has 0 radical (unpaired) electrons. The van der Waals surface area contributed by atoms with Gasteiger partial charge in [0.05, 0.1) is 15.9 Å². The first-order valence-electron chi connectivity index (χ1n) is 7.98. The van der Waals surface area contributed by atoms with Gasteiger partial charge in [0.15, 0.2) is 5.13 Å². The summed E-state index contributed by atoms with van der Waals surface area (Å²) in [5.74, 6) is -1.02. The quantitative estimate of drug-likeness (QED) is 0.517. The number of rotatable bonds is 4. The molecule has 0 saturated carbocycles. The topological polar surface area (TPSA) is 89.0 Å². The zero-order valence-electron chi connectivity index (χ0n) is 14.3. The molecule has 4 aromatic rings. The lowest BCUT2D eigenvalue weighted by atomic mass is 10.2. The highest BCUT2D eigenvalue weighted by molar-refractivity contribution is 7.93. The molecule has 2 heterocycles. The van der Waals surface area contributed by atoms with E-state index in [1.165, 1.54) is 36.5 Å². The van der Waals surface area contributed by atoms with Gasteiger partial charge in [-0.3, -0.25) is 4.79 Å². The number of hydrogen-bond acceptors (Lipinski definition) is 7. The third-order valence-electron chi connectivity index (χ3n) is 3.81. The minimum Gasteiger partial charge on any atom is -0.302 e. The van der Waals surface area contributed by atoms with E-state index in [4.69, 9.17) is 0 Å². The van der Waals surface area contributed by atoms with Crippen LogP contribution in [0.25, 0.3) is 21.5 Å². The van der Waals surface area contributed by atoms with Crippen LogP contribution in [0.5, 0.6) is 0 Å². The van der Waals surface area contributed by atoms with E-state index in [-0.39, 0.29) is 10.2 Å². The van der Waals surface area contributed by atoms with Gasteiger partial charge in [-0.05, 0) is 24.3 Å². The van der Waals surface area contributed by atoms with E-state index in [0.29, 0.717) is 21.9 Å². The summed E-state index contributed by atoms with van der Waals surface area (Å²) < 4.78 is 39.9. The van der Waals surface area contributed by atoms with Crippen LogP contribution in [-0.4, -0.2) is 24.3 Å². The molecule has 0 spiro atoms. The van der Waals surface area contributed by atoms with Crippen molar-refractivity contribution in [2.24, 2.45) is 0 Å². The zero-order valence-corrected chi connectivity index (χ0v) is 16.8. The fourth-order valence-electron chi connectivity index (χ4n) is 2.56. The summed E-state index contributed by atoms with van der Waals surface area (Å²) in [6.07, 6.45) is 0. The van der Waals surface area contributed by atoms with Gasteiger partial charge in [-0.25, -0.2) is 22.8 Å². The molecule has 1 N–H and O–H groups in total. The van der Waals surface area contributed by atoms with Crippen LogP contribution in [0, 0.1) is 5.82 Å². The van der Waals surface area contributed by atoms with Crippen molar-refractivity contribution in [3.8, 4) is 11.3 Å². The molecule has 0 unspecified atom stereocenters. The van der Waals surface area contributed by atoms with E-state index in [0.717, 1.165) is 22.1 Å². The zero-order chi connectivity index (χ0) is 19.9. The highest BCUT2D eigenvalue weighted by Gasteiger charge is 2.25. The molecule has 0 aliphatic heterocycles. The molecule has 0 bridgehead atoms. The summed E-state index contributed by atoms with van der Waals surface area (Å²) in [5, 5.41) is 4.74. The van der Waals surface area contributed by atoms with E-state index in [1.54, 1.807) is 17.5 Å². The number of anilines is 1. The van der Waals surface area contributed by atoms with Gasteiger partial charge < -0.3 is 5.32 Å². The molecule has 0 saturated heterocycles. The molecule has 0 atom stereocenters. The molecule has 28 heavy (non-hydrogen) atoms. The van der Waals surface area contributed by atoms with Crippen molar-refractivity contribution in [2.45, 2.75) is 16.2 Å². The van der Waals surface area contributed by atoms with Crippen LogP contribution in [-0.2, 0) is 14.6 Å². The van der Waals surface area contributed by atoms with Crippen molar-refractivity contribution in [3.63, 3.8) is 0 Å². The minimum absolute atomic E-state index is 0.170. The van der Waals surface area contributed by atoms with Gasteiger partial charge in [-0.2, -0.15) is 0 Å². The average Bonchev–Trinajstić information content (AvgIpc) is 3.27. The maximum absolute atomic E-state index is 13.9. The van der Waals surface area contributed by atoms with Gasteiger partial charge >= 0.3 is 0 Å². The van der Waals surface area contributed by atoms with Crippen molar-refractivity contribution in [2.75, 3.05) is 5.32 Å². The van der Waals surface area contributed by atoms with Gasteiger partial charge in [0, 0.05) is 17.9 Å². The van der Waals surface area contributed by atoms with Crippen LogP contribution in [0.2, 0.25) is 0 Å². The monoisotopic (exact) mass is 433 g/mol. The number of hydrogen-bond donors (Lipinski definition) is 1. The third kappa shape index (κ3) is 3.41. The van der Waals surface area contributed by atoms with E-state index in [1.807, 2.05) is 6.07 Å². The van der Waals surface area contributed by atoms with Crippen LogP contribution >= 0.6 is 22.7 Å². The van der Waals surface area contributed by atoms with Crippen molar-refractivity contribution < 1.29 is 17.6 Å². The molecule has 4 rings (SSSR count). The Morgan fingerprint density at radius 1 is 1.14 bits per heavy atom. The maximum Gasteiger partial charge on any atom is 0.236 e. The van der Waals surface area contributed by atoms with Gasteiger partial charge in [-0.1, -0.05) is 29.5 Å². The minimum atomic E-state index is -4.03. The smallest absolute Gasteiger partial charge is 0.236 e. The summed E-state index contributed by atoms with van der Waals surface area (Å²) in [7, 11) is -4.03. The standard InChI is InChI=1S/C18H12FN3O3S3/c1-10(23)20-17-21-13-7-6-11(8-15(13)27-17)14-9-26-18(22-14)28(24,25)16-5-3-2-4-12(16)19/h2-9H,1H3,(H,20,21,23). The SMILES string of the molecule is CC(=O)Nc1nc2ccc(-c3csc(S(=O)(=O)c4ccccc4F)n3)cc2s1. The molecular formula is C18H12FN3O3S3. The highest BCUT2D eigenvalue weighted by Crippen LogP contribution is 2.33. The van der Waals surface area contributed by atoms with E-state index in [2.05, 4.69) is 15.3 Å². The Labute approximate surface area is 167 Å².